The van der Waals surface area contributed by atoms with Gasteiger partial charge in [0, 0.05) is 30.5 Å². The number of rotatable bonds is 4. The second-order valence-electron chi connectivity index (χ2n) is 8.34. The molecule has 160 valence electrons. The van der Waals surface area contributed by atoms with Crippen LogP contribution in [0.15, 0.2) is 59.3 Å². The van der Waals surface area contributed by atoms with Crippen molar-refractivity contribution in [2.24, 2.45) is 17.1 Å². The van der Waals surface area contributed by atoms with Gasteiger partial charge in [0.05, 0.1) is 30.5 Å². The number of ether oxygens (including phenoxy) is 1. The van der Waals surface area contributed by atoms with Crippen LogP contribution in [0.1, 0.15) is 24.8 Å². The van der Waals surface area contributed by atoms with Crippen molar-refractivity contribution >= 4 is 10.8 Å². The van der Waals surface area contributed by atoms with Gasteiger partial charge in [0.2, 0.25) is 0 Å². The van der Waals surface area contributed by atoms with E-state index in [9.17, 15) is 15.8 Å². The van der Waals surface area contributed by atoms with Crippen molar-refractivity contribution in [2.75, 3.05) is 26.7 Å². The molecule has 0 bridgehead atoms. The highest BCUT2D eigenvalue weighted by Gasteiger charge is 2.55. The molecule has 2 aromatic carbocycles. The van der Waals surface area contributed by atoms with Gasteiger partial charge in [0.15, 0.2) is 5.41 Å². The fourth-order valence-corrected chi connectivity index (χ4v) is 5.32. The third-order valence-corrected chi connectivity index (χ3v) is 6.74. The average Bonchev–Trinajstić information content (AvgIpc) is 2.83. The molecule has 1 heterocycles. The molecule has 2 aromatic rings. The van der Waals surface area contributed by atoms with Gasteiger partial charge in [-0.1, -0.05) is 43.3 Å². The summed E-state index contributed by atoms with van der Waals surface area (Å²) in [6, 6.07) is 18.4. The zero-order valence-electron chi connectivity index (χ0n) is 18.3. The lowest BCUT2D eigenvalue weighted by atomic mass is 9.57. The fourth-order valence-electron chi connectivity index (χ4n) is 5.32. The van der Waals surface area contributed by atoms with Crippen molar-refractivity contribution in [1.29, 1.82) is 15.8 Å². The van der Waals surface area contributed by atoms with Crippen LogP contribution in [0.3, 0.4) is 0 Å². The number of methoxy groups -OCH3 is 1. The normalized spacial score (nSPS) is 22.3. The third-order valence-electron chi connectivity index (χ3n) is 6.74. The smallest absolute Gasteiger partial charge is 0.191 e. The van der Waals surface area contributed by atoms with Gasteiger partial charge < -0.3 is 10.5 Å². The molecule has 32 heavy (non-hydrogen) atoms. The van der Waals surface area contributed by atoms with E-state index in [-0.39, 0.29) is 17.2 Å². The molecule has 4 rings (SSSR count). The van der Waals surface area contributed by atoms with E-state index >= 15 is 0 Å². The molecule has 2 aliphatic rings. The van der Waals surface area contributed by atoms with Crippen LogP contribution < -0.4 is 10.5 Å². The largest absolute Gasteiger partial charge is 0.496 e. The molecular weight excluding hydrogens is 398 g/mol. The molecule has 0 amide bonds. The standard InChI is InChI=1S/C26H25N5O/c1-3-11-31-12-10-19-20(13-27)25(30)26(15-28,16-29)24(21(19)14-31)23-18-7-5-4-6-17(18)8-9-22(23)32-2/h4-10,21,24H,3,11-12,14,30H2,1-2H3/t21-,24-/m1/s1. The molecule has 0 unspecified atom stereocenters. The van der Waals surface area contributed by atoms with Gasteiger partial charge in [-0.2, -0.15) is 15.8 Å². The highest BCUT2D eigenvalue weighted by Crippen LogP contribution is 2.57. The van der Waals surface area contributed by atoms with E-state index < -0.39 is 11.3 Å². The van der Waals surface area contributed by atoms with Crippen molar-refractivity contribution in [3.8, 4) is 24.0 Å². The Morgan fingerprint density at radius 3 is 2.56 bits per heavy atom. The summed E-state index contributed by atoms with van der Waals surface area (Å²) in [5, 5.41) is 32.6. The Morgan fingerprint density at radius 2 is 1.91 bits per heavy atom. The van der Waals surface area contributed by atoms with E-state index in [1.54, 1.807) is 7.11 Å². The highest BCUT2D eigenvalue weighted by atomic mass is 16.5. The maximum atomic E-state index is 10.4. The predicted octanol–water partition coefficient (Wildman–Crippen LogP) is 3.98. The summed E-state index contributed by atoms with van der Waals surface area (Å²) >= 11 is 0. The van der Waals surface area contributed by atoms with Crippen molar-refractivity contribution < 1.29 is 4.74 Å². The van der Waals surface area contributed by atoms with Crippen LogP contribution in [-0.2, 0) is 0 Å². The molecule has 1 aliphatic heterocycles. The lowest BCUT2D eigenvalue weighted by molar-refractivity contribution is 0.206. The quantitative estimate of drug-likeness (QED) is 0.796. The van der Waals surface area contributed by atoms with Gasteiger partial charge in [-0.05, 0) is 35.4 Å². The van der Waals surface area contributed by atoms with E-state index in [0.717, 1.165) is 34.9 Å². The molecule has 0 saturated carbocycles. The minimum Gasteiger partial charge on any atom is -0.496 e. The van der Waals surface area contributed by atoms with Crippen molar-refractivity contribution in [2.45, 2.75) is 19.3 Å². The number of nitrogens with two attached hydrogens (primary N) is 1. The van der Waals surface area contributed by atoms with Crippen molar-refractivity contribution in [3.63, 3.8) is 0 Å². The topological polar surface area (TPSA) is 110 Å². The van der Waals surface area contributed by atoms with Gasteiger partial charge >= 0.3 is 0 Å². The summed E-state index contributed by atoms with van der Waals surface area (Å²) in [4.78, 5) is 2.30. The second kappa shape index (κ2) is 8.39. The van der Waals surface area contributed by atoms with Crippen LogP contribution in [0, 0.1) is 45.3 Å². The van der Waals surface area contributed by atoms with Gasteiger partial charge in [-0.25, -0.2) is 0 Å². The van der Waals surface area contributed by atoms with Crippen LogP contribution in [0.2, 0.25) is 0 Å². The number of benzene rings is 2. The molecule has 0 fully saturated rings. The maximum Gasteiger partial charge on any atom is 0.191 e. The predicted molar refractivity (Wildman–Crippen MR) is 122 cm³/mol. The Bertz CT molecular complexity index is 1240. The molecule has 6 nitrogen and oxygen atoms in total. The number of allylic oxidation sites excluding steroid dienone is 2. The average molecular weight is 424 g/mol. The highest BCUT2D eigenvalue weighted by molar-refractivity contribution is 5.89. The van der Waals surface area contributed by atoms with Gasteiger partial charge in [-0.15, -0.1) is 0 Å². The molecule has 2 N–H and O–H groups in total. The van der Waals surface area contributed by atoms with Crippen molar-refractivity contribution in [3.05, 3.63) is 64.9 Å². The Hall–Kier alpha value is -3.79. The number of fused-ring (bicyclic) bond motifs is 2. The third kappa shape index (κ3) is 3.02. The van der Waals surface area contributed by atoms with Gasteiger partial charge in [0.1, 0.15) is 11.8 Å². The summed E-state index contributed by atoms with van der Waals surface area (Å²) in [6.45, 7) is 4.37. The van der Waals surface area contributed by atoms with Crippen LogP contribution >= 0.6 is 0 Å². The number of hydrogen-bond donors (Lipinski definition) is 1. The summed E-state index contributed by atoms with van der Waals surface area (Å²) < 4.78 is 5.76. The summed E-state index contributed by atoms with van der Waals surface area (Å²) in [5.74, 6) is -0.207. The fraction of sp³-hybridized carbons (Fsp3) is 0.346. The summed E-state index contributed by atoms with van der Waals surface area (Å²) in [7, 11) is 1.60. The van der Waals surface area contributed by atoms with E-state index in [1.807, 2.05) is 42.5 Å². The Morgan fingerprint density at radius 1 is 1.16 bits per heavy atom. The van der Waals surface area contributed by atoms with Crippen LogP contribution in [0.5, 0.6) is 5.75 Å². The zero-order valence-corrected chi connectivity index (χ0v) is 18.3. The minimum absolute atomic E-state index is 0.0384. The molecule has 0 aromatic heterocycles. The molecule has 0 spiro atoms. The minimum atomic E-state index is -1.68. The molecular formula is C26H25N5O. The lowest BCUT2D eigenvalue weighted by Crippen LogP contribution is -2.48. The number of nitriles is 3. The Kier molecular flexibility index (Phi) is 5.62. The second-order valence-corrected chi connectivity index (χ2v) is 8.34. The van der Waals surface area contributed by atoms with E-state index in [0.29, 0.717) is 18.8 Å². The van der Waals surface area contributed by atoms with Crippen LogP contribution in [0.25, 0.3) is 10.8 Å². The zero-order chi connectivity index (χ0) is 22.9. The Labute approximate surface area is 188 Å². The molecule has 6 heteroatoms. The summed E-state index contributed by atoms with van der Waals surface area (Å²) in [5.41, 5.74) is 6.72. The molecule has 1 aliphatic carbocycles. The van der Waals surface area contributed by atoms with Gasteiger partial charge in [-0.3, -0.25) is 4.90 Å². The van der Waals surface area contributed by atoms with E-state index in [4.69, 9.17) is 10.5 Å². The molecule has 0 radical (unpaired) electrons. The SMILES string of the molecule is CCCN1CC=C2C(C#N)=C(N)C(C#N)(C#N)[C@@H](c3c(OC)ccc4ccccc34)[C@@H]2C1. The monoisotopic (exact) mass is 423 g/mol. The lowest BCUT2D eigenvalue weighted by Gasteiger charge is -2.46. The first kappa shape index (κ1) is 21.4. The van der Waals surface area contributed by atoms with Crippen molar-refractivity contribution in [1.82, 2.24) is 4.90 Å². The molecule has 2 atom stereocenters. The maximum absolute atomic E-state index is 10.4. The first-order chi connectivity index (χ1) is 15.6. The Balaban J connectivity index is 2.09. The van der Waals surface area contributed by atoms with Gasteiger partial charge in [0.25, 0.3) is 0 Å². The molecule has 0 saturated heterocycles. The van der Waals surface area contributed by atoms with E-state index in [1.165, 1.54) is 0 Å². The summed E-state index contributed by atoms with van der Waals surface area (Å²) in [6.07, 6.45) is 3.03. The first-order valence-corrected chi connectivity index (χ1v) is 10.8. The number of hydrogen-bond acceptors (Lipinski definition) is 6. The van der Waals surface area contributed by atoms with E-state index in [2.05, 4.69) is 30.0 Å². The van der Waals surface area contributed by atoms with Crippen LogP contribution in [-0.4, -0.2) is 31.6 Å². The van der Waals surface area contributed by atoms with Crippen LogP contribution in [0.4, 0.5) is 0 Å². The first-order valence-electron chi connectivity index (χ1n) is 10.8. The number of nitrogens with zero attached hydrogens (tertiary/aromatic N) is 4.